The number of likely N-dealkylation sites (N-methyl/N-ethyl adjacent to an activating group) is 1. The van der Waals surface area contributed by atoms with Crippen LogP contribution in [0, 0.1) is 11.3 Å². The molecular weight excluding hydrogens is 709 g/mol. The van der Waals surface area contributed by atoms with E-state index in [2.05, 4.69) is 84.1 Å². The number of aromatic nitrogens is 1. The summed E-state index contributed by atoms with van der Waals surface area (Å²) in [5, 5.41) is 26.4. The van der Waals surface area contributed by atoms with Gasteiger partial charge in [-0.3, -0.25) is 14.6 Å². The zero-order valence-electron chi connectivity index (χ0n) is 34.0. The Kier molecular flexibility index (Phi) is 8.61. The molecule has 1 aromatic heterocycles. The van der Waals surface area contributed by atoms with E-state index in [4.69, 9.17) is 14.2 Å². The van der Waals surface area contributed by atoms with Crippen molar-refractivity contribution >= 4 is 28.5 Å². The van der Waals surface area contributed by atoms with Crippen LogP contribution in [0.15, 0.2) is 48.6 Å². The van der Waals surface area contributed by atoms with Crippen molar-refractivity contribution in [2.45, 2.75) is 106 Å². The van der Waals surface area contributed by atoms with E-state index < -0.39 is 51.5 Å². The van der Waals surface area contributed by atoms with Crippen molar-refractivity contribution < 1.29 is 34.0 Å². The maximum Gasteiger partial charge on any atom is 0.344 e. The molecule has 0 amide bonds. The SMILES string of the molecule is CCC1(O)CC2CN(CCc3c([nH]c4ccccc34)[C@@](C)(c3cc4c(cc3OC)N(C)[C@@H]3C45CCN4CC=C[C@](CC)([C@H]45)[C@@H](OC(C)=O)[C@]3(O)C(=O)OC)C2)C1. The number of nitrogens with zero attached hydrogens (tertiary/aromatic N) is 3. The number of benzene rings is 2. The predicted octanol–water partition coefficient (Wildman–Crippen LogP) is 4.84. The van der Waals surface area contributed by atoms with Gasteiger partial charge in [0.15, 0.2) is 6.10 Å². The van der Waals surface area contributed by atoms with Crippen LogP contribution < -0.4 is 9.64 Å². The van der Waals surface area contributed by atoms with E-state index in [9.17, 15) is 19.8 Å². The number of H-pyrrole nitrogens is 1. The Morgan fingerprint density at radius 3 is 2.52 bits per heavy atom. The number of carbonyl (C=O) groups excluding carboxylic acids is 2. The number of ether oxygens (including phenoxy) is 3. The Labute approximate surface area is 329 Å². The molecule has 3 N–H and O–H groups in total. The third kappa shape index (κ3) is 4.83. The highest BCUT2D eigenvalue weighted by molar-refractivity contribution is 5.88. The van der Waals surface area contributed by atoms with Crippen molar-refractivity contribution in [2.24, 2.45) is 11.3 Å². The van der Waals surface area contributed by atoms with Gasteiger partial charge < -0.3 is 34.3 Å². The van der Waals surface area contributed by atoms with E-state index in [0.29, 0.717) is 25.8 Å². The summed E-state index contributed by atoms with van der Waals surface area (Å²) in [7, 11) is 4.96. The van der Waals surface area contributed by atoms with Gasteiger partial charge in [-0.1, -0.05) is 44.2 Å². The van der Waals surface area contributed by atoms with E-state index >= 15 is 0 Å². The smallest absolute Gasteiger partial charge is 0.344 e. The molecule has 56 heavy (non-hydrogen) atoms. The van der Waals surface area contributed by atoms with Gasteiger partial charge in [0.2, 0.25) is 5.60 Å². The Bertz CT molecular complexity index is 2130. The highest BCUT2D eigenvalue weighted by Gasteiger charge is 2.80. The first-order valence-electron chi connectivity index (χ1n) is 20.6. The number of nitrogens with one attached hydrogen (secondary N) is 1. The molecule has 6 aliphatic rings. The Morgan fingerprint density at radius 2 is 1.80 bits per heavy atom. The number of hydrogen-bond acceptors (Lipinski definition) is 10. The monoisotopic (exact) mass is 766 g/mol. The van der Waals surface area contributed by atoms with Crippen LogP contribution in [-0.2, 0) is 36.3 Å². The molecule has 3 fully saturated rings. The zero-order chi connectivity index (χ0) is 39.6. The van der Waals surface area contributed by atoms with Crippen molar-refractivity contribution in [1.29, 1.82) is 0 Å². The number of aliphatic hydroxyl groups is 2. The van der Waals surface area contributed by atoms with Gasteiger partial charge in [-0.2, -0.15) is 0 Å². The lowest BCUT2D eigenvalue weighted by atomic mass is 9.47. The number of rotatable bonds is 6. The fraction of sp³-hybridized carbons (Fsp3) is 0.600. The molecule has 5 aliphatic heterocycles. The molecule has 4 unspecified atom stereocenters. The van der Waals surface area contributed by atoms with Gasteiger partial charge in [-0.15, -0.1) is 0 Å². The summed E-state index contributed by atoms with van der Waals surface area (Å²) in [4.78, 5) is 38.2. The van der Waals surface area contributed by atoms with E-state index in [0.717, 1.165) is 73.5 Å². The fourth-order valence-electron chi connectivity index (χ4n) is 13.4. The Balaban J connectivity index is 1.32. The number of esters is 2. The lowest BCUT2D eigenvalue weighted by molar-refractivity contribution is -0.228. The minimum absolute atomic E-state index is 0.183. The van der Waals surface area contributed by atoms with E-state index in [-0.39, 0.29) is 12.0 Å². The molecule has 0 radical (unpaired) electrons. The first-order valence-corrected chi connectivity index (χ1v) is 20.6. The molecule has 3 aromatic rings. The molecule has 1 aliphatic carbocycles. The van der Waals surface area contributed by atoms with Gasteiger partial charge in [0.25, 0.3) is 0 Å². The average Bonchev–Trinajstić information content (AvgIpc) is 3.85. The molecular formula is C45H58N4O7. The molecule has 10 atom stereocenters. The predicted molar refractivity (Wildman–Crippen MR) is 214 cm³/mol. The summed E-state index contributed by atoms with van der Waals surface area (Å²) in [6, 6.07) is 12.0. The molecule has 9 rings (SSSR count). The number of para-hydroxylation sites is 1. The largest absolute Gasteiger partial charge is 0.496 e. The van der Waals surface area contributed by atoms with E-state index in [1.54, 1.807) is 7.11 Å². The minimum Gasteiger partial charge on any atom is -0.496 e. The molecule has 1 saturated carbocycles. The van der Waals surface area contributed by atoms with Crippen LogP contribution in [0.2, 0.25) is 0 Å². The van der Waals surface area contributed by atoms with E-state index in [1.165, 1.54) is 30.7 Å². The second-order valence-electron chi connectivity index (χ2n) is 18.1. The molecule has 300 valence electrons. The number of aromatic amines is 1. The highest BCUT2D eigenvalue weighted by Crippen LogP contribution is 2.68. The van der Waals surface area contributed by atoms with Gasteiger partial charge in [0.05, 0.1) is 25.9 Å². The molecule has 2 saturated heterocycles. The number of piperidine rings is 1. The van der Waals surface area contributed by atoms with E-state index in [1.807, 2.05) is 11.9 Å². The molecule has 6 heterocycles. The second-order valence-corrected chi connectivity index (χ2v) is 18.1. The van der Waals surface area contributed by atoms with Gasteiger partial charge >= 0.3 is 11.9 Å². The normalized spacial score (nSPS) is 38.4. The van der Waals surface area contributed by atoms with Crippen molar-refractivity contribution in [3.05, 3.63) is 70.9 Å². The van der Waals surface area contributed by atoms with Gasteiger partial charge in [-0.25, -0.2) is 4.79 Å². The zero-order valence-corrected chi connectivity index (χ0v) is 34.0. The summed E-state index contributed by atoms with van der Waals surface area (Å²) in [5.41, 5.74) is 1.41. The van der Waals surface area contributed by atoms with Crippen LogP contribution in [0.3, 0.4) is 0 Å². The highest BCUT2D eigenvalue weighted by atomic mass is 16.6. The maximum atomic E-state index is 14.3. The minimum atomic E-state index is -2.20. The Morgan fingerprint density at radius 1 is 1.02 bits per heavy atom. The lowest BCUT2D eigenvalue weighted by Gasteiger charge is -2.63. The van der Waals surface area contributed by atoms with Crippen LogP contribution >= 0.6 is 0 Å². The standard InChI is InChI=1S/C45H58N4O7/c1-8-42(52)24-28-23-41(4,36-30(15-19-48(25-28)26-42)29-13-10-11-14-33(29)46-36)32-21-31-34(22-35(32)54-6)47(5)38-44(31)17-20-49-18-12-16-43(9-2,37(44)49)39(56-27(3)50)45(38,53)40(51)55-7/h10-14,16,21-22,28,37-39,46,52-53H,8-9,15,17-20,23-26H2,1-7H3/t28?,37-,38+,39+,41+,42?,43+,44?,45-/m0/s1. The summed E-state index contributed by atoms with van der Waals surface area (Å²) < 4.78 is 18.1. The number of fused-ring (bicyclic) bond motifs is 6. The molecule has 1 spiro atoms. The number of carbonyl (C=O) groups is 2. The average molecular weight is 767 g/mol. The number of methoxy groups -OCH3 is 2. The molecule has 11 nitrogen and oxygen atoms in total. The molecule has 2 aromatic carbocycles. The first kappa shape index (κ1) is 37.7. The van der Waals surface area contributed by atoms with Crippen LogP contribution in [0.1, 0.15) is 82.2 Å². The van der Waals surface area contributed by atoms with Crippen LogP contribution in [0.5, 0.6) is 5.75 Å². The summed E-state index contributed by atoms with van der Waals surface area (Å²) >= 11 is 0. The van der Waals surface area contributed by atoms with Crippen LogP contribution in [-0.4, -0.2) is 120 Å². The van der Waals surface area contributed by atoms with Crippen LogP contribution in [0.4, 0.5) is 5.69 Å². The molecule has 11 heteroatoms. The second kappa shape index (κ2) is 12.8. The maximum absolute atomic E-state index is 14.3. The van der Waals surface area contributed by atoms with Crippen LogP contribution in [0.25, 0.3) is 10.9 Å². The third-order valence-electron chi connectivity index (χ3n) is 15.4. The van der Waals surface area contributed by atoms with Gasteiger partial charge in [0, 0.05) is 96.4 Å². The van der Waals surface area contributed by atoms with Crippen molar-refractivity contribution in [3.63, 3.8) is 0 Å². The lowest BCUT2D eigenvalue weighted by Crippen LogP contribution is -2.81. The summed E-state index contributed by atoms with van der Waals surface area (Å²) in [5.74, 6) is -0.417. The quantitative estimate of drug-likeness (QED) is 0.237. The van der Waals surface area contributed by atoms with Gasteiger partial charge in [0.1, 0.15) is 5.75 Å². The number of hydrogen-bond donors (Lipinski definition) is 3. The van der Waals surface area contributed by atoms with Crippen molar-refractivity contribution in [3.8, 4) is 5.75 Å². The van der Waals surface area contributed by atoms with Gasteiger partial charge in [-0.05, 0) is 81.2 Å². The Hall–Kier alpha value is -3.90. The fourth-order valence-corrected chi connectivity index (χ4v) is 13.4. The first-order chi connectivity index (χ1) is 26.7. The summed E-state index contributed by atoms with van der Waals surface area (Å²) in [6.45, 7) is 11.8. The van der Waals surface area contributed by atoms with Crippen molar-refractivity contribution in [2.75, 3.05) is 58.9 Å². The topological polar surface area (TPSA) is 128 Å². The third-order valence-corrected chi connectivity index (χ3v) is 15.4. The van der Waals surface area contributed by atoms with Crippen molar-refractivity contribution in [1.82, 2.24) is 14.8 Å². The summed E-state index contributed by atoms with van der Waals surface area (Å²) in [6.07, 6.45) is 7.31. The molecule has 2 bridgehead atoms. The number of anilines is 1.